The van der Waals surface area contributed by atoms with Crippen LogP contribution in [0.3, 0.4) is 0 Å². The van der Waals surface area contributed by atoms with Gasteiger partial charge in [-0.3, -0.25) is 0 Å². The van der Waals surface area contributed by atoms with E-state index >= 15 is 0 Å². The second kappa shape index (κ2) is 19.9. The van der Waals surface area contributed by atoms with Crippen molar-refractivity contribution < 1.29 is 19.8 Å². The molecule has 38 heavy (non-hydrogen) atoms. The van der Waals surface area contributed by atoms with Gasteiger partial charge in [0.2, 0.25) is 0 Å². The molecule has 10 heteroatoms. The third-order valence-electron chi connectivity index (χ3n) is 5.85. The molecule has 0 bridgehead atoms. The summed E-state index contributed by atoms with van der Waals surface area (Å²) < 4.78 is 0. The van der Waals surface area contributed by atoms with E-state index < -0.39 is 12.2 Å². The van der Waals surface area contributed by atoms with Crippen molar-refractivity contribution in [3.63, 3.8) is 0 Å². The van der Waals surface area contributed by atoms with Gasteiger partial charge in [0.05, 0.1) is 0 Å². The molecule has 210 valence electrons. The molecule has 2 rings (SSSR count). The van der Waals surface area contributed by atoms with Crippen LogP contribution in [0.2, 0.25) is 0 Å². The van der Waals surface area contributed by atoms with E-state index in [0.717, 1.165) is 78.0 Å². The Morgan fingerprint density at radius 3 is 1.39 bits per heavy atom. The number of carbonyl (C=O) groups is 2. The zero-order valence-corrected chi connectivity index (χ0v) is 22.2. The van der Waals surface area contributed by atoms with Crippen LogP contribution in [0.4, 0.5) is 9.59 Å². The SMILES string of the molecule is O=C(O)NCCCNCCCNCc1cc(CNCCCNCCCNC(=O)O)cc(-c2ccccc2)c1. The molecule has 0 aliphatic carbocycles. The summed E-state index contributed by atoms with van der Waals surface area (Å²) in [6, 6.07) is 17.2. The third kappa shape index (κ3) is 15.2. The highest BCUT2D eigenvalue weighted by molar-refractivity contribution is 5.65. The van der Waals surface area contributed by atoms with Crippen molar-refractivity contribution in [2.24, 2.45) is 0 Å². The molecular formula is C28H44N6O4. The number of carboxylic acid groups (broad SMARTS) is 2. The van der Waals surface area contributed by atoms with E-state index in [9.17, 15) is 9.59 Å². The molecule has 0 heterocycles. The second-order valence-corrected chi connectivity index (χ2v) is 9.14. The molecule has 0 saturated carbocycles. The summed E-state index contributed by atoms with van der Waals surface area (Å²) in [4.78, 5) is 20.9. The van der Waals surface area contributed by atoms with Gasteiger partial charge in [-0.25, -0.2) is 9.59 Å². The van der Waals surface area contributed by atoms with Crippen molar-refractivity contribution in [2.75, 3.05) is 52.4 Å². The number of hydrogen-bond acceptors (Lipinski definition) is 6. The van der Waals surface area contributed by atoms with Gasteiger partial charge in [-0.2, -0.15) is 0 Å². The maximum absolute atomic E-state index is 10.4. The highest BCUT2D eigenvalue weighted by Gasteiger charge is 2.04. The first kappa shape index (κ1) is 31.0. The molecule has 0 aliphatic heterocycles. The molecule has 0 unspecified atom stereocenters. The van der Waals surface area contributed by atoms with E-state index in [2.05, 4.69) is 74.4 Å². The molecule has 0 spiro atoms. The van der Waals surface area contributed by atoms with E-state index in [4.69, 9.17) is 10.2 Å². The lowest BCUT2D eigenvalue weighted by atomic mass is 9.99. The minimum Gasteiger partial charge on any atom is -0.465 e. The van der Waals surface area contributed by atoms with Crippen LogP contribution in [0.25, 0.3) is 11.1 Å². The van der Waals surface area contributed by atoms with Crippen LogP contribution in [0, 0.1) is 0 Å². The molecule has 2 amide bonds. The lowest BCUT2D eigenvalue weighted by Gasteiger charge is -2.13. The maximum Gasteiger partial charge on any atom is 0.404 e. The normalized spacial score (nSPS) is 10.8. The molecule has 0 saturated heterocycles. The summed E-state index contributed by atoms with van der Waals surface area (Å²) in [7, 11) is 0. The minimum absolute atomic E-state index is 0.473. The van der Waals surface area contributed by atoms with E-state index in [-0.39, 0.29) is 0 Å². The van der Waals surface area contributed by atoms with Crippen LogP contribution < -0.4 is 31.9 Å². The topological polar surface area (TPSA) is 147 Å². The van der Waals surface area contributed by atoms with Crippen LogP contribution in [0.15, 0.2) is 48.5 Å². The van der Waals surface area contributed by atoms with Crippen molar-refractivity contribution in [1.29, 1.82) is 0 Å². The quantitative estimate of drug-likeness (QED) is 0.115. The van der Waals surface area contributed by atoms with Crippen LogP contribution >= 0.6 is 0 Å². The van der Waals surface area contributed by atoms with Gasteiger partial charge in [-0.15, -0.1) is 0 Å². The standard InChI is InChI=1S/C28H44N6O4/c35-27(36)33-16-6-12-29-10-4-14-31-21-23-18-24(20-26(19-23)25-8-2-1-3-9-25)22-32-15-5-11-30-13-7-17-34-28(37)38/h1-3,8-9,18-20,29-34H,4-7,10-17,21-22H2,(H,35,36)(H,37,38). The van der Waals surface area contributed by atoms with Crippen molar-refractivity contribution in [3.05, 3.63) is 59.7 Å². The average Bonchev–Trinajstić information content (AvgIpc) is 2.91. The number of nitrogens with one attached hydrogen (secondary N) is 6. The van der Waals surface area contributed by atoms with Crippen molar-refractivity contribution in [1.82, 2.24) is 31.9 Å². The molecular weight excluding hydrogens is 484 g/mol. The van der Waals surface area contributed by atoms with Gasteiger partial charge in [0, 0.05) is 26.2 Å². The average molecular weight is 529 g/mol. The van der Waals surface area contributed by atoms with E-state index in [1.165, 1.54) is 22.3 Å². The maximum atomic E-state index is 10.4. The fourth-order valence-electron chi connectivity index (χ4n) is 3.97. The largest absolute Gasteiger partial charge is 0.465 e. The Morgan fingerprint density at radius 1 is 0.526 bits per heavy atom. The molecule has 0 radical (unpaired) electrons. The molecule has 10 nitrogen and oxygen atoms in total. The Morgan fingerprint density at radius 2 is 0.947 bits per heavy atom. The van der Waals surface area contributed by atoms with Gasteiger partial charge in [-0.05, 0) is 99.3 Å². The Hall–Kier alpha value is -3.18. The Kier molecular flexibility index (Phi) is 16.2. The van der Waals surface area contributed by atoms with Crippen molar-refractivity contribution in [3.8, 4) is 11.1 Å². The monoisotopic (exact) mass is 528 g/mol. The van der Waals surface area contributed by atoms with E-state index in [0.29, 0.717) is 13.1 Å². The fraction of sp³-hybridized carbons (Fsp3) is 0.500. The Bertz CT molecular complexity index is 877. The number of benzene rings is 2. The van der Waals surface area contributed by atoms with Gasteiger partial charge < -0.3 is 42.1 Å². The van der Waals surface area contributed by atoms with Gasteiger partial charge >= 0.3 is 12.2 Å². The summed E-state index contributed by atoms with van der Waals surface area (Å²) in [5, 5.41) is 35.6. The molecule has 0 atom stereocenters. The van der Waals surface area contributed by atoms with E-state index in [1.54, 1.807) is 0 Å². The molecule has 2 aromatic rings. The summed E-state index contributed by atoms with van der Waals surface area (Å²) in [6.07, 6.45) is 1.63. The molecule has 8 N–H and O–H groups in total. The third-order valence-corrected chi connectivity index (χ3v) is 5.85. The lowest BCUT2D eigenvalue weighted by molar-refractivity contribution is 0.193. The molecule has 0 fully saturated rings. The number of rotatable bonds is 21. The van der Waals surface area contributed by atoms with Crippen LogP contribution in [-0.4, -0.2) is 74.8 Å². The minimum atomic E-state index is -0.974. The zero-order valence-electron chi connectivity index (χ0n) is 22.2. The highest BCUT2D eigenvalue weighted by Crippen LogP contribution is 2.22. The fourth-order valence-corrected chi connectivity index (χ4v) is 3.97. The number of amides is 2. The first-order valence-electron chi connectivity index (χ1n) is 13.5. The predicted molar refractivity (Wildman–Crippen MR) is 152 cm³/mol. The lowest BCUT2D eigenvalue weighted by Crippen LogP contribution is -2.27. The summed E-state index contributed by atoms with van der Waals surface area (Å²) in [5.74, 6) is 0. The highest BCUT2D eigenvalue weighted by atomic mass is 16.4. The smallest absolute Gasteiger partial charge is 0.404 e. The predicted octanol–water partition coefficient (Wildman–Crippen LogP) is 2.81. The number of hydrogen-bond donors (Lipinski definition) is 8. The molecule has 2 aromatic carbocycles. The van der Waals surface area contributed by atoms with Gasteiger partial charge in [0.25, 0.3) is 0 Å². The Labute approximate surface area is 226 Å². The van der Waals surface area contributed by atoms with Gasteiger partial charge in [0.15, 0.2) is 0 Å². The first-order chi connectivity index (χ1) is 18.5. The summed E-state index contributed by atoms with van der Waals surface area (Å²) in [6.45, 7) is 7.76. The van der Waals surface area contributed by atoms with Crippen molar-refractivity contribution >= 4 is 12.2 Å². The van der Waals surface area contributed by atoms with Gasteiger partial charge in [-0.1, -0.05) is 36.4 Å². The van der Waals surface area contributed by atoms with Gasteiger partial charge in [0.1, 0.15) is 0 Å². The van der Waals surface area contributed by atoms with Crippen molar-refractivity contribution in [2.45, 2.75) is 38.8 Å². The first-order valence-corrected chi connectivity index (χ1v) is 13.5. The Balaban J connectivity index is 1.70. The summed E-state index contributed by atoms with van der Waals surface area (Å²) >= 11 is 0. The second-order valence-electron chi connectivity index (χ2n) is 9.14. The summed E-state index contributed by atoms with van der Waals surface area (Å²) in [5.41, 5.74) is 4.94. The zero-order chi connectivity index (χ0) is 27.3. The van der Waals surface area contributed by atoms with Crippen LogP contribution in [-0.2, 0) is 13.1 Å². The van der Waals surface area contributed by atoms with Crippen LogP contribution in [0.1, 0.15) is 36.8 Å². The van der Waals surface area contributed by atoms with E-state index in [1.807, 2.05) is 6.07 Å². The van der Waals surface area contributed by atoms with Crippen LogP contribution in [0.5, 0.6) is 0 Å². The molecule has 0 aliphatic rings. The molecule has 0 aromatic heterocycles.